The lowest BCUT2D eigenvalue weighted by molar-refractivity contribution is -0.132. The van der Waals surface area contributed by atoms with Crippen molar-refractivity contribution in [1.29, 1.82) is 0 Å². The van der Waals surface area contributed by atoms with Crippen molar-refractivity contribution in [3.8, 4) is 0 Å². The van der Waals surface area contributed by atoms with Gasteiger partial charge in [0.05, 0.1) is 0 Å². The Hall–Kier alpha value is -1.57. The van der Waals surface area contributed by atoms with Crippen LogP contribution in [-0.2, 0) is 4.79 Å². The van der Waals surface area contributed by atoms with Gasteiger partial charge in [0.1, 0.15) is 0 Å². The molecule has 0 atom stereocenters. The smallest absolute Gasteiger partial charge is 0.247 e. The summed E-state index contributed by atoms with van der Waals surface area (Å²) in [5.74, 6) is 0.231. The van der Waals surface area contributed by atoms with Crippen molar-refractivity contribution >= 4 is 12.0 Å². The van der Waals surface area contributed by atoms with Crippen LogP contribution in [0.4, 0.5) is 0 Å². The standard InChI is InChI=1S/C22H31NO/c1-18-12-14-19(15-13-18)16-17-22(24)23(20-8-4-2-5-9-20)21-10-6-3-7-11-21/h12-17,20-21H,2-11H2,1H3. The van der Waals surface area contributed by atoms with Gasteiger partial charge in [0.15, 0.2) is 0 Å². The van der Waals surface area contributed by atoms with Crippen molar-refractivity contribution in [3.05, 3.63) is 41.5 Å². The second-order valence-corrected chi connectivity index (χ2v) is 7.57. The molecule has 1 amide bonds. The Morgan fingerprint density at radius 2 is 1.38 bits per heavy atom. The first-order valence-corrected chi connectivity index (χ1v) is 9.81. The lowest BCUT2D eigenvalue weighted by Gasteiger charge is -2.41. The highest BCUT2D eigenvalue weighted by molar-refractivity contribution is 5.92. The van der Waals surface area contributed by atoms with Crippen molar-refractivity contribution in [2.75, 3.05) is 0 Å². The summed E-state index contributed by atoms with van der Waals surface area (Å²) in [6, 6.07) is 9.32. The summed E-state index contributed by atoms with van der Waals surface area (Å²) >= 11 is 0. The predicted octanol–water partition coefficient (Wildman–Crippen LogP) is 5.50. The molecule has 0 unspecified atom stereocenters. The molecule has 2 heteroatoms. The largest absolute Gasteiger partial charge is 0.333 e. The van der Waals surface area contributed by atoms with Gasteiger partial charge in [-0.2, -0.15) is 0 Å². The lowest BCUT2D eigenvalue weighted by Crippen LogP contribution is -2.48. The predicted molar refractivity (Wildman–Crippen MR) is 101 cm³/mol. The van der Waals surface area contributed by atoms with Crippen LogP contribution in [0.25, 0.3) is 6.08 Å². The van der Waals surface area contributed by atoms with E-state index in [1.54, 1.807) is 0 Å². The minimum absolute atomic E-state index is 0.231. The average Bonchev–Trinajstić information content (AvgIpc) is 2.63. The summed E-state index contributed by atoms with van der Waals surface area (Å²) in [6.45, 7) is 2.09. The number of amides is 1. The Morgan fingerprint density at radius 1 is 0.875 bits per heavy atom. The highest BCUT2D eigenvalue weighted by atomic mass is 16.2. The van der Waals surface area contributed by atoms with E-state index in [2.05, 4.69) is 36.1 Å². The molecule has 0 saturated heterocycles. The molecule has 0 bridgehead atoms. The Kier molecular flexibility index (Phi) is 6.12. The van der Waals surface area contributed by atoms with Gasteiger partial charge in [-0.3, -0.25) is 4.79 Å². The zero-order chi connectivity index (χ0) is 16.8. The van der Waals surface area contributed by atoms with E-state index in [1.807, 2.05) is 12.2 Å². The van der Waals surface area contributed by atoms with Crippen LogP contribution < -0.4 is 0 Å². The number of nitrogens with zero attached hydrogens (tertiary/aromatic N) is 1. The zero-order valence-electron chi connectivity index (χ0n) is 15.0. The first kappa shape index (κ1) is 17.3. The van der Waals surface area contributed by atoms with Gasteiger partial charge in [0, 0.05) is 18.2 Å². The highest BCUT2D eigenvalue weighted by Gasteiger charge is 2.31. The van der Waals surface area contributed by atoms with E-state index in [9.17, 15) is 4.79 Å². The third-order valence-corrected chi connectivity index (χ3v) is 5.69. The molecule has 2 aliphatic carbocycles. The van der Waals surface area contributed by atoms with E-state index in [4.69, 9.17) is 0 Å². The van der Waals surface area contributed by atoms with E-state index < -0.39 is 0 Å². The zero-order valence-corrected chi connectivity index (χ0v) is 15.0. The van der Waals surface area contributed by atoms with Gasteiger partial charge in [0.25, 0.3) is 0 Å². The monoisotopic (exact) mass is 325 g/mol. The molecule has 3 rings (SSSR count). The number of hydrogen-bond donors (Lipinski definition) is 0. The first-order valence-electron chi connectivity index (χ1n) is 9.81. The summed E-state index contributed by atoms with van der Waals surface area (Å²) in [5, 5.41) is 0. The molecule has 0 spiro atoms. The normalized spacial score (nSPS) is 20.4. The molecule has 0 N–H and O–H groups in total. The topological polar surface area (TPSA) is 20.3 Å². The maximum atomic E-state index is 13.0. The molecule has 2 nitrogen and oxygen atoms in total. The number of hydrogen-bond acceptors (Lipinski definition) is 1. The minimum Gasteiger partial charge on any atom is -0.333 e. The van der Waals surface area contributed by atoms with Crippen LogP contribution in [0.5, 0.6) is 0 Å². The van der Waals surface area contributed by atoms with Gasteiger partial charge in [-0.15, -0.1) is 0 Å². The SMILES string of the molecule is Cc1ccc(C=CC(=O)N(C2CCCCC2)C2CCCCC2)cc1. The maximum absolute atomic E-state index is 13.0. The molecule has 0 heterocycles. The van der Waals surface area contributed by atoms with Crippen LogP contribution in [0.3, 0.4) is 0 Å². The quantitative estimate of drug-likeness (QED) is 0.669. The number of rotatable bonds is 4. The van der Waals surface area contributed by atoms with Crippen LogP contribution in [0.1, 0.15) is 75.3 Å². The van der Waals surface area contributed by atoms with Crippen LogP contribution in [-0.4, -0.2) is 22.9 Å². The highest BCUT2D eigenvalue weighted by Crippen LogP contribution is 2.30. The van der Waals surface area contributed by atoms with E-state index in [1.165, 1.54) is 69.8 Å². The van der Waals surface area contributed by atoms with Gasteiger partial charge < -0.3 is 4.90 Å². The van der Waals surface area contributed by atoms with Crippen molar-refractivity contribution < 1.29 is 4.79 Å². The molecule has 130 valence electrons. The molecule has 0 aromatic heterocycles. The second-order valence-electron chi connectivity index (χ2n) is 7.57. The van der Waals surface area contributed by atoms with Gasteiger partial charge >= 0.3 is 0 Å². The first-order chi connectivity index (χ1) is 11.7. The fraction of sp³-hybridized carbons (Fsp3) is 0.591. The van der Waals surface area contributed by atoms with Crippen LogP contribution in [0.2, 0.25) is 0 Å². The summed E-state index contributed by atoms with van der Waals surface area (Å²) < 4.78 is 0. The third kappa shape index (κ3) is 4.49. The molecule has 1 aromatic carbocycles. The fourth-order valence-corrected chi connectivity index (χ4v) is 4.31. The second kappa shape index (κ2) is 8.50. The minimum atomic E-state index is 0.231. The molecule has 24 heavy (non-hydrogen) atoms. The number of carbonyl (C=O) groups is 1. The van der Waals surface area contributed by atoms with E-state index >= 15 is 0 Å². The van der Waals surface area contributed by atoms with Gasteiger partial charge in [-0.1, -0.05) is 68.4 Å². The molecular formula is C22H31NO. The third-order valence-electron chi connectivity index (χ3n) is 5.69. The Morgan fingerprint density at radius 3 is 1.88 bits per heavy atom. The average molecular weight is 325 g/mol. The molecule has 1 aromatic rings. The molecule has 2 aliphatic rings. The van der Waals surface area contributed by atoms with Gasteiger partial charge in [-0.25, -0.2) is 0 Å². The van der Waals surface area contributed by atoms with Gasteiger partial charge in [-0.05, 0) is 44.2 Å². The molecule has 2 saturated carbocycles. The molecule has 2 fully saturated rings. The van der Waals surface area contributed by atoms with E-state index in [0.717, 1.165) is 5.56 Å². The summed E-state index contributed by atoms with van der Waals surface area (Å²) in [6.07, 6.45) is 16.4. The molecule has 0 aliphatic heterocycles. The van der Waals surface area contributed by atoms with E-state index in [0.29, 0.717) is 12.1 Å². The van der Waals surface area contributed by atoms with Crippen molar-refractivity contribution in [2.24, 2.45) is 0 Å². The van der Waals surface area contributed by atoms with Crippen LogP contribution in [0.15, 0.2) is 30.3 Å². The number of aryl methyl sites for hydroxylation is 1. The summed E-state index contributed by atoms with van der Waals surface area (Å²) in [4.78, 5) is 15.3. The molecule has 0 radical (unpaired) electrons. The molecular weight excluding hydrogens is 294 g/mol. The fourth-order valence-electron chi connectivity index (χ4n) is 4.31. The van der Waals surface area contributed by atoms with Crippen molar-refractivity contribution in [3.63, 3.8) is 0 Å². The van der Waals surface area contributed by atoms with Gasteiger partial charge in [0.2, 0.25) is 5.91 Å². The summed E-state index contributed by atoms with van der Waals surface area (Å²) in [5.41, 5.74) is 2.37. The lowest BCUT2D eigenvalue weighted by atomic mass is 9.88. The Balaban J connectivity index is 1.72. The van der Waals surface area contributed by atoms with Crippen LogP contribution in [0, 0.1) is 6.92 Å². The maximum Gasteiger partial charge on any atom is 0.247 e. The van der Waals surface area contributed by atoms with E-state index in [-0.39, 0.29) is 5.91 Å². The van der Waals surface area contributed by atoms with Crippen molar-refractivity contribution in [2.45, 2.75) is 83.2 Å². The Bertz CT molecular complexity index is 530. The number of benzene rings is 1. The number of carbonyl (C=O) groups excluding carboxylic acids is 1. The Labute approximate surface area is 146 Å². The van der Waals surface area contributed by atoms with Crippen molar-refractivity contribution in [1.82, 2.24) is 4.90 Å². The van der Waals surface area contributed by atoms with Crippen LogP contribution >= 0.6 is 0 Å². The summed E-state index contributed by atoms with van der Waals surface area (Å²) in [7, 11) is 0.